The number of nitrogens with zero attached hydrogens (tertiary/aromatic N) is 5. The van der Waals surface area contributed by atoms with E-state index in [0.717, 1.165) is 75.4 Å². The first kappa shape index (κ1) is 25.8. The fourth-order valence-electron chi connectivity index (χ4n) is 5.27. The van der Waals surface area contributed by atoms with Gasteiger partial charge in [-0.15, -0.1) is 11.3 Å². The highest BCUT2D eigenvalue weighted by Gasteiger charge is 2.27. The second-order valence-electron chi connectivity index (χ2n) is 10.2. The first-order valence-electron chi connectivity index (χ1n) is 13.3. The molecule has 2 aromatic carbocycles. The molecule has 0 unspecified atom stereocenters. The van der Waals surface area contributed by atoms with Crippen LogP contribution < -0.4 is 0 Å². The van der Waals surface area contributed by atoms with Crippen LogP contribution in [0.4, 0.5) is 0 Å². The molecule has 1 amide bonds. The number of thiazole rings is 1. The van der Waals surface area contributed by atoms with Crippen LogP contribution in [0.15, 0.2) is 69.7 Å². The molecule has 0 saturated carbocycles. The number of likely N-dealkylation sites (tertiary alicyclic amines) is 1. The summed E-state index contributed by atoms with van der Waals surface area (Å²) in [5.74, 6) is 1.70. The highest BCUT2D eigenvalue weighted by molar-refractivity contribution is 7.99. The molecule has 0 aliphatic carbocycles. The van der Waals surface area contributed by atoms with E-state index in [0.29, 0.717) is 11.7 Å². The number of piperidine rings is 1. The quantitative estimate of drug-likeness (QED) is 0.197. The fraction of sp³-hybridized carbons (Fsp3) is 0.333. The van der Waals surface area contributed by atoms with Gasteiger partial charge in [-0.1, -0.05) is 59.4 Å². The van der Waals surface area contributed by atoms with Crippen LogP contribution in [0.1, 0.15) is 49.4 Å². The average Bonchev–Trinajstić information content (AvgIpc) is 3.68. The third-order valence-electron chi connectivity index (χ3n) is 7.29. The van der Waals surface area contributed by atoms with Crippen molar-refractivity contribution in [3.63, 3.8) is 0 Å². The third-order valence-corrected chi connectivity index (χ3v) is 9.23. The lowest BCUT2D eigenvalue weighted by Crippen LogP contribution is -2.39. The summed E-state index contributed by atoms with van der Waals surface area (Å²) in [4.78, 5) is 24.9. The molecular weight excluding hydrogens is 526 g/mol. The van der Waals surface area contributed by atoms with Gasteiger partial charge >= 0.3 is 0 Å². The van der Waals surface area contributed by atoms with Crippen LogP contribution in [0.25, 0.3) is 33.5 Å². The number of fused-ring (bicyclic) bond motifs is 1. The number of benzene rings is 2. The molecule has 3 aromatic heterocycles. The van der Waals surface area contributed by atoms with Crippen molar-refractivity contribution in [2.75, 3.05) is 18.8 Å². The molecule has 7 nitrogen and oxygen atoms in total. The second kappa shape index (κ2) is 11.0. The first-order valence-corrected chi connectivity index (χ1v) is 15.2. The average molecular weight is 558 g/mol. The summed E-state index contributed by atoms with van der Waals surface area (Å²) < 4.78 is 7.78. The van der Waals surface area contributed by atoms with Crippen molar-refractivity contribution < 1.29 is 9.32 Å². The Labute approximate surface area is 236 Å². The Kier molecular flexibility index (Phi) is 7.27. The maximum atomic E-state index is 13.1. The van der Waals surface area contributed by atoms with E-state index in [4.69, 9.17) is 14.5 Å². The van der Waals surface area contributed by atoms with Crippen LogP contribution in [-0.4, -0.2) is 49.3 Å². The van der Waals surface area contributed by atoms with Crippen LogP contribution >= 0.6 is 23.1 Å². The number of amides is 1. The summed E-state index contributed by atoms with van der Waals surface area (Å²) in [6.07, 6.45) is 1.84. The predicted molar refractivity (Wildman–Crippen MR) is 157 cm³/mol. The molecular formula is C30H31N5O2S2. The molecule has 9 heteroatoms. The van der Waals surface area contributed by atoms with Gasteiger partial charge in [0.05, 0.1) is 33.1 Å². The van der Waals surface area contributed by atoms with Crippen molar-refractivity contribution in [1.82, 2.24) is 24.6 Å². The molecule has 6 rings (SSSR count). The molecule has 5 aromatic rings. The van der Waals surface area contributed by atoms with Crippen LogP contribution in [0.3, 0.4) is 0 Å². The smallest absolute Gasteiger partial charge is 0.233 e. The van der Waals surface area contributed by atoms with Gasteiger partial charge < -0.3 is 14.0 Å². The van der Waals surface area contributed by atoms with E-state index >= 15 is 0 Å². The molecule has 39 heavy (non-hydrogen) atoms. The van der Waals surface area contributed by atoms with E-state index in [2.05, 4.69) is 35.0 Å². The minimum absolute atomic E-state index is 0.174. The zero-order valence-electron chi connectivity index (χ0n) is 22.3. The van der Waals surface area contributed by atoms with Crippen molar-refractivity contribution in [3.05, 3.63) is 70.7 Å². The largest absolute Gasteiger partial charge is 0.360 e. The molecule has 0 radical (unpaired) electrons. The highest BCUT2D eigenvalue weighted by Crippen LogP contribution is 2.38. The van der Waals surface area contributed by atoms with Gasteiger partial charge in [0.2, 0.25) is 5.91 Å². The summed E-state index contributed by atoms with van der Waals surface area (Å²) >= 11 is 3.23. The van der Waals surface area contributed by atoms with E-state index in [-0.39, 0.29) is 11.9 Å². The molecule has 1 fully saturated rings. The lowest BCUT2D eigenvalue weighted by Gasteiger charge is -2.31. The minimum Gasteiger partial charge on any atom is -0.360 e. The molecule has 0 atom stereocenters. The van der Waals surface area contributed by atoms with Crippen molar-refractivity contribution in [3.8, 4) is 22.5 Å². The third kappa shape index (κ3) is 5.13. The molecule has 200 valence electrons. The zero-order valence-corrected chi connectivity index (χ0v) is 24.0. The van der Waals surface area contributed by atoms with Gasteiger partial charge in [0.15, 0.2) is 5.16 Å². The number of aryl methyl sites for hydroxylation is 1. The molecule has 4 heterocycles. The fourth-order valence-corrected chi connectivity index (χ4v) is 7.30. The lowest BCUT2D eigenvalue weighted by atomic mass is 9.97. The van der Waals surface area contributed by atoms with E-state index < -0.39 is 0 Å². The SMILES string of the molecule is Cc1onc(-c2ccccc2)c1-c1csc(C2CCN(C(=O)CSc3nc4ccccc4n3C(C)C)CC2)n1. The normalized spacial score (nSPS) is 14.5. The summed E-state index contributed by atoms with van der Waals surface area (Å²) in [7, 11) is 0. The molecule has 1 aliphatic rings. The Hall–Kier alpha value is -3.43. The molecule has 0 spiro atoms. The van der Waals surface area contributed by atoms with Crippen LogP contribution in [0.5, 0.6) is 0 Å². The number of aromatic nitrogens is 4. The number of carbonyl (C=O) groups is 1. The van der Waals surface area contributed by atoms with Crippen molar-refractivity contribution in [2.45, 2.75) is 50.7 Å². The van der Waals surface area contributed by atoms with Gasteiger partial charge in [-0.25, -0.2) is 9.97 Å². The lowest BCUT2D eigenvalue weighted by molar-refractivity contribution is -0.129. The summed E-state index contributed by atoms with van der Waals surface area (Å²) in [6, 6.07) is 18.5. The predicted octanol–water partition coefficient (Wildman–Crippen LogP) is 7.20. The van der Waals surface area contributed by atoms with Crippen molar-refractivity contribution in [2.24, 2.45) is 0 Å². The van der Waals surface area contributed by atoms with Crippen molar-refractivity contribution >= 4 is 40.0 Å². The van der Waals surface area contributed by atoms with E-state index in [1.54, 1.807) is 11.3 Å². The Balaban J connectivity index is 1.09. The van der Waals surface area contributed by atoms with E-state index in [1.807, 2.05) is 60.4 Å². The van der Waals surface area contributed by atoms with Crippen molar-refractivity contribution in [1.29, 1.82) is 0 Å². The first-order chi connectivity index (χ1) is 19.0. The summed E-state index contributed by atoms with van der Waals surface area (Å²) in [6.45, 7) is 7.75. The number of imidazole rings is 1. The summed E-state index contributed by atoms with van der Waals surface area (Å²) in [5, 5.41) is 8.45. The molecule has 1 saturated heterocycles. The molecule has 0 bridgehead atoms. The number of hydrogen-bond acceptors (Lipinski definition) is 7. The van der Waals surface area contributed by atoms with Gasteiger partial charge in [-0.2, -0.15) is 0 Å². The monoisotopic (exact) mass is 557 g/mol. The summed E-state index contributed by atoms with van der Waals surface area (Å²) in [5.41, 5.74) is 5.81. The minimum atomic E-state index is 0.174. The Morgan fingerprint density at radius 2 is 1.82 bits per heavy atom. The van der Waals surface area contributed by atoms with Gasteiger partial charge in [-0.3, -0.25) is 4.79 Å². The number of carbonyl (C=O) groups excluding carboxylic acids is 1. The van der Waals surface area contributed by atoms with Crippen LogP contribution in [-0.2, 0) is 4.79 Å². The topological polar surface area (TPSA) is 77.0 Å². The molecule has 1 aliphatic heterocycles. The Morgan fingerprint density at radius 3 is 2.59 bits per heavy atom. The number of rotatable bonds is 7. The van der Waals surface area contributed by atoms with Gasteiger partial charge in [0.25, 0.3) is 0 Å². The number of thioether (sulfide) groups is 1. The van der Waals surface area contributed by atoms with E-state index in [1.165, 1.54) is 11.8 Å². The maximum absolute atomic E-state index is 13.1. The van der Waals surface area contributed by atoms with Gasteiger partial charge in [-0.05, 0) is 45.7 Å². The number of para-hydroxylation sites is 2. The molecule has 0 N–H and O–H groups in total. The van der Waals surface area contributed by atoms with Crippen LogP contribution in [0, 0.1) is 6.92 Å². The standard InChI is InChI=1S/C30H31N5O2S2/c1-19(2)35-25-12-8-7-11-23(25)32-30(35)39-18-26(36)34-15-13-22(14-16-34)29-31-24(17-38-29)27-20(3)37-33-28(27)21-9-5-4-6-10-21/h4-12,17,19,22H,13-16,18H2,1-3H3. The zero-order chi connectivity index (χ0) is 26.9. The Morgan fingerprint density at radius 1 is 1.08 bits per heavy atom. The van der Waals surface area contributed by atoms with E-state index in [9.17, 15) is 4.79 Å². The number of hydrogen-bond donors (Lipinski definition) is 0. The second-order valence-corrected chi connectivity index (χ2v) is 12.0. The van der Waals surface area contributed by atoms with Gasteiger partial charge in [0, 0.05) is 36.0 Å². The maximum Gasteiger partial charge on any atom is 0.233 e. The highest BCUT2D eigenvalue weighted by atomic mass is 32.2. The van der Waals surface area contributed by atoms with Gasteiger partial charge in [0.1, 0.15) is 11.5 Å². The Bertz CT molecular complexity index is 1600. The van der Waals surface area contributed by atoms with Crippen LogP contribution in [0.2, 0.25) is 0 Å².